The molecule has 2 unspecified atom stereocenters. The van der Waals surface area contributed by atoms with Gasteiger partial charge in [0.05, 0.1) is 5.92 Å². The molecule has 0 radical (unpaired) electrons. The lowest BCUT2D eigenvalue weighted by molar-refractivity contribution is 0.320. The van der Waals surface area contributed by atoms with Crippen LogP contribution in [0.3, 0.4) is 0 Å². The van der Waals surface area contributed by atoms with Crippen molar-refractivity contribution in [2.45, 2.75) is 46.1 Å². The molecule has 4 nitrogen and oxygen atoms in total. The third-order valence-corrected chi connectivity index (χ3v) is 2.44. The number of rotatable bonds is 5. The number of aromatic nitrogens is 2. The standard InChI is InChI=1S/C10H19N3O/c1-5-9(11-6-2)7(3)10-12-8(4)13-14-10/h7,9,11H,5-6H2,1-4H3. The van der Waals surface area contributed by atoms with E-state index in [2.05, 4.69) is 36.2 Å². The van der Waals surface area contributed by atoms with Gasteiger partial charge in [0.2, 0.25) is 5.89 Å². The molecule has 4 heteroatoms. The summed E-state index contributed by atoms with van der Waals surface area (Å²) in [7, 11) is 0. The molecular formula is C10H19N3O. The van der Waals surface area contributed by atoms with Crippen molar-refractivity contribution in [1.29, 1.82) is 0 Å². The first-order valence-electron chi connectivity index (χ1n) is 5.22. The van der Waals surface area contributed by atoms with Gasteiger partial charge in [-0.15, -0.1) is 0 Å². The third kappa shape index (κ3) is 2.54. The summed E-state index contributed by atoms with van der Waals surface area (Å²) in [5.41, 5.74) is 0. The summed E-state index contributed by atoms with van der Waals surface area (Å²) in [5, 5.41) is 7.21. The Bertz CT molecular complexity index is 272. The second-order valence-corrected chi connectivity index (χ2v) is 3.54. The average Bonchev–Trinajstić information content (AvgIpc) is 2.60. The van der Waals surface area contributed by atoms with E-state index in [0.29, 0.717) is 11.9 Å². The van der Waals surface area contributed by atoms with Crippen molar-refractivity contribution in [3.05, 3.63) is 11.7 Å². The van der Waals surface area contributed by atoms with Crippen LogP contribution in [-0.4, -0.2) is 22.7 Å². The SMILES string of the molecule is CCNC(CC)C(C)c1nc(C)no1. The van der Waals surface area contributed by atoms with Gasteiger partial charge < -0.3 is 9.84 Å². The predicted octanol–water partition coefficient (Wildman–Crippen LogP) is 1.87. The Morgan fingerprint density at radius 3 is 2.57 bits per heavy atom. The molecule has 2 atom stereocenters. The lowest BCUT2D eigenvalue weighted by Gasteiger charge is -2.20. The lowest BCUT2D eigenvalue weighted by atomic mass is 9.99. The molecule has 1 N–H and O–H groups in total. The average molecular weight is 197 g/mol. The minimum Gasteiger partial charge on any atom is -0.339 e. The highest BCUT2D eigenvalue weighted by atomic mass is 16.5. The van der Waals surface area contributed by atoms with E-state index in [0.717, 1.165) is 18.9 Å². The molecular weight excluding hydrogens is 178 g/mol. The quantitative estimate of drug-likeness (QED) is 0.783. The second-order valence-electron chi connectivity index (χ2n) is 3.54. The van der Waals surface area contributed by atoms with Gasteiger partial charge in [0.1, 0.15) is 0 Å². The molecule has 0 saturated heterocycles. The first-order valence-corrected chi connectivity index (χ1v) is 5.22. The van der Waals surface area contributed by atoms with E-state index in [-0.39, 0.29) is 5.92 Å². The number of likely N-dealkylation sites (N-methyl/N-ethyl adjacent to an activating group) is 1. The van der Waals surface area contributed by atoms with Crippen LogP contribution in [0.2, 0.25) is 0 Å². The topological polar surface area (TPSA) is 51.0 Å². The Morgan fingerprint density at radius 1 is 1.43 bits per heavy atom. The molecule has 0 fully saturated rings. The first kappa shape index (κ1) is 11.2. The van der Waals surface area contributed by atoms with Gasteiger partial charge in [-0.2, -0.15) is 4.98 Å². The molecule has 0 spiro atoms. The maximum atomic E-state index is 5.15. The van der Waals surface area contributed by atoms with Crippen LogP contribution in [0.25, 0.3) is 0 Å². The molecule has 1 aromatic rings. The van der Waals surface area contributed by atoms with Gasteiger partial charge >= 0.3 is 0 Å². The molecule has 0 saturated carbocycles. The van der Waals surface area contributed by atoms with E-state index in [1.165, 1.54) is 0 Å². The van der Waals surface area contributed by atoms with Crippen molar-refractivity contribution in [2.24, 2.45) is 0 Å². The molecule has 0 bridgehead atoms. The van der Waals surface area contributed by atoms with Crippen molar-refractivity contribution in [1.82, 2.24) is 15.5 Å². The summed E-state index contributed by atoms with van der Waals surface area (Å²) in [5.74, 6) is 1.72. The zero-order chi connectivity index (χ0) is 10.6. The summed E-state index contributed by atoms with van der Waals surface area (Å²) in [6.07, 6.45) is 1.07. The van der Waals surface area contributed by atoms with Crippen molar-refractivity contribution in [3.8, 4) is 0 Å². The highest BCUT2D eigenvalue weighted by molar-refractivity contribution is 4.96. The predicted molar refractivity (Wildman–Crippen MR) is 55.2 cm³/mol. The minimum atomic E-state index is 0.279. The van der Waals surface area contributed by atoms with Crippen LogP contribution in [0, 0.1) is 6.92 Å². The molecule has 1 rings (SSSR count). The van der Waals surface area contributed by atoms with E-state index in [9.17, 15) is 0 Å². The maximum absolute atomic E-state index is 5.15. The monoisotopic (exact) mass is 197 g/mol. The normalized spacial score (nSPS) is 15.4. The summed E-state index contributed by atoms with van der Waals surface area (Å²) in [6, 6.07) is 0.417. The van der Waals surface area contributed by atoms with Gasteiger partial charge in [-0.1, -0.05) is 25.9 Å². The summed E-state index contributed by atoms with van der Waals surface area (Å²) in [4.78, 5) is 4.24. The third-order valence-electron chi connectivity index (χ3n) is 2.44. The molecule has 80 valence electrons. The number of hydrogen-bond donors (Lipinski definition) is 1. The Kier molecular flexibility index (Phi) is 4.07. The Hall–Kier alpha value is -0.900. The van der Waals surface area contributed by atoms with Crippen LogP contribution in [0.5, 0.6) is 0 Å². The smallest absolute Gasteiger partial charge is 0.231 e. The highest BCUT2D eigenvalue weighted by Gasteiger charge is 2.21. The summed E-state index contributed by atoms with van der Waals surface area (Å²) < 4.78 is 5.15. The van der Waals surface area contributed by atoms with E-state index in [1.807, 2.05) is 6.92 Å². The van der Waals surface area contributed by atoms with Gasteiger partial charge in [-0.25, -0.2) is 0 Å². The maximum Gasteiger partial charge on any atom is 0.231 e. The van der Waals surface area contributed by atoms with Crippen molar-refractivity contribution < 1.29 is 4.52 Å². The summed E-state index contributed by atoms with van der Waals surface area (Å²) in [6.45, 7) is 9.19. The van der Waals surface area contributed by atoms with Crippen molar-refractivity contribution >= 4 is 0 Å². The fraction of sp³-hybridized carbons (Fsp3) is 0.800. The van der Waals surface area contributed by atoms with Gasteiger partial charge in [-0.3, -0.25) is 0 Å². The van der Waals surface area contributed by atoms with Crippen LogP contribution >= 0.6 is 0 Å². The Morgan fingerprint density at radius 2 is 2.14 bits per heavy atom. The van der Waals surface area contributed by atoms with E-state index in [4.69, 9.17) is 4.52 Å². The fourth-order valence-electron chi connectivity index (χ4n) is 1.61. The van der Waals surface area contributed by atoms with Gasteiger partial charge in [0.15, 0.2) is 5.82 Å². The number of hydrogen-bond acceptors (Lipinski definition) is 4. The minimum absolute atomic E-state index is 0.279. The van der Waals surface area contributed by atoms with Crippen molar-refractivity contribution in [3.63, 3.8) is 0 Å². The van der Waals surface area contributed by atoms with Crippen molar-refractivity contribution in [2.75, 3.05) is 6.54 Å². The van der Waals surface area contributed by atoms with E-state index >= 15 is 0 Å². The molecule has 0 aliphatic rings. The lowest BCUT2D eigenvalue weighted by Crippen LogP contribution is -2.33. The van der Waals surface area contributed by atoms with Gasteiger partial charge in [-0.05, 0) is 19.9 Å². The number of nitrogens with one attached hydrogen (secondary N) is 1. The van der Waals surface area contributed by atoms with Gasteiger partial charge in [0, 0.05) is 6.04 Å². The molecule has 1 aromatic heterocycles. The fourth-order valence-corrected chi connectivity index (χ4v) is 1.61. The number of aryl methyl sites for hydroxylation is 1. The highest BCUT2D eigenvalue weighted by Crippen LogP contribution is 2.19. The van der Waals surface area contributed by atoms with Crippen LogP contribution in [-0.2, 0) is 0 Å². The van der Waals surface area contributed by atoms with Gasteiger partial charge in [0.25, 0.3) is 0 Å². The molecule has 0 aromatic carbocycles. The Balaban J connectivity index is 2.66. The molecule has 0 amide bonds. The second kappa shape index (κ2) is 5.10. The molecule has 0 aliphatic heterocycles. The largest absolute Gasteiger partial charge is 0.339 e. The zero-order valence-corrected chi connectivity index (χ0v) is 9.37. The van der Waals surface area contributed by atoms with Crippen LogP contribution < -0.4 is 5.32 Å². The molecule has 14 heavy (non-hydrogen) atoms. The van der Waals surface area contributed by atoms with Crippen LogP contribution in [0.15, 0.2) is 4.52 Å². The van der Waals surface area contributed by atoms with E-state index in [1.54, 1.807) is 0 Å². The van der Waals surface area contributed by atoms with E-state index < -0.39 is 0 Å². The van der Waals surface area contributed by atoms with Crippen LogP contribution in [0.1, 0.15) is 44.8 Å². The molecule has 0 aliphatic carbocycles. The zero-order valence-electron chi connectivity index (χ0n) is 9.37. The Labute approximate surface area is 85.1 Å². The van der Waals surface area contributed by atoms with Crippen LogP contribution in [0.4, 0.5) is 0 Å². The first-order chi connectivity index (χ1) is 6.69. The number of nitrogens with zero attached hydrogens (tertiary/aromatic N) is 2. The molecule has 1 heterocycles. The summed E-state index contributed by atoms with van der Waals surface area (Å²) >= 11 is 0.